The SMILES string of the molecule is CC(C)CC(O)CNCc1cn(C)nn1. The quantitative estimate of drug-likeness (QED) is 0.712. The van der Waals surface area contributed by atoms with Crippen LogP contribution in [0.2, 0.25) is 0 Å². The van der Waals surface area contributed by atoms with Crippen molar-refractivity contribution in [1.29, 1.82) is 0 Å². The fourth-order valence-corrected chi connectivity index (χ4v) is 1.47. The summed E-state index contributed by atoms with van der Waals surface area (Å²) in [6.07, 6.45) is 2.41. The van der Waals surface area contributed by atoms with Gasteiger partial charge in [-0.1, -0.05) is 19.1 Å². The van der Waals surface area contributed by atoms with Crippen molar-refractivity contribution in [3.8, 4) is 0 Å². The van der Waals surface area contributed by atoms with E-state index < -0.39 is 0 Å². The predicted molar refractivity (Wildman–Crippen MR) is 58.2 cm³/mol. The fraction of sp³-hybridized carbons (Fsp3) is 0.800. The minimum atomic E-state index is -0.276. The lowest BCUT2D eigenvalue weighted by molar-refractivity contribution is 0.146. The Labute approximate surface area is 90.5 Å². The van der Waals surface area contributed by atoms with Gasteiger partial charge in [-0.25, -0.2) is 0 Å². The highest BCUT2D eigenvalue weighted by Crippen LogP contribution is 2.03. The average molecular weight is 212 g/mol. The van der Waals surface area contributed by atoms with Crippen molar-refractivity contribution in [2.45, 2.75) is 32.9 Å². The van der Waals surface area contributed by atoms with E-state index in [2.05, 4.69) is 29.5 Å². The summed E-state index contributed by atoms with van der Waals surface area (Å²) >= 11 is 0. The molecular formula is C10H20N4O. The molecule has 1 aromatic rings. The first-order chi connectivity index (χ1) is 7.08. The highest BCUT2D eigenvalue weighted by atomic mass is 16.3. The number of hydrogen-bond donors (Lipinski definition) is 2. The molecule has 0 saturated carbocycles. The average Bonchev–Trinajstić information content (AvgIpc) is 2.50. The second-order valence-corrected chi connectivity index (χ2v) is 4.30. The fourth-order valence-electron chi connectivity index (χ4n) is 1.47. The number of hydrogen-bond acceptors (Lipinski definition) is 4. The molecule has 5 heteroatoms. The molecule has 86 valence electrons. The summed E-state index contributed by atoms with van der Waals surface area (Å²) < 4.78 is 1.67. The molecule has 0 radical (unpaired) electrons. The van der Waals surface area contributed by atoms with E-state index in [0.29, 0.717) is 19.0 Å². The van der Waals surface area contributed by atoms with Gasteiger partial charge in [0.15, 0.2) is 0 Å². The van der Waals surface area contributed by atoms with Gasteiger partial charge in [-0.15, -0.1) is 5.10 Å². The molecule has 1 atom stereocenters. The molecule has 0 amide bonds. The highest BCUT2D eigenvalue weighted by Gasteiger charge is 2.06. The molecule has 0 aliphatic rings. The molecule has 0 aromatic carbocycles. The minimum Gasteiger partial charge on any atom is -0.392 e. The van der Waals surface area contributed by atoms with Crippen molar-refractivity contribution in [3.05, 3.63) is 11.9 Å². The molecule has 1 heterocycles. The van der Waals surface area contributed by atoms with Crippen LogP contribution in [0.4, 0.5) is 0 Å². The van der Waals surface area contributed by atoms with Crippen LogP contribution in [0.25, 0.3) is 0 Å². The summed E-state index contributed by atoms with van der Waals surface area (Å²) in [6, 6.07) is 0. The first-order valence-electron chi connectivity index (χ1n) is 5.32. The summed E-state index contributed by atoms with van der Waals surface area (Å²) in [5.74, 6) is 0.526. The van der Waals surface area contributed by atoms with Crippen LogP contribution in [0.1, 0.15) is 26.0 Å². The zero-order chi connectivity index (χ0) is 11.3. The van der Waals surface area contributed by atoms with Crippen molar-refractivity contribution >= 4 is 0 Å². The van der Waals surface area contributed by atoms with E-state index in [9.17, 15) is 5.11 Å². The van der Waals surface area contributed by atoms with Crippen molar-refractivity contribution in [1.82, 2.24) is 20.3 Å². The molecule has 1 rings (SSSR count). The van der Waals surface area contributed by atoms with Gasteiger partial charge in [0.2, 0.25) is 0 Å². The number of aliphatic hydroxyl groups excluding tert-OH is 1. The minimum absolute atomic E-state index is 0.276. The van der Waals surface area contributed by atoms with Gasteiger partial charge in [0.25, 0.3) is 0 Å². The Morgan fingerprint density at radius 2 is 2.27 bits per heavy atom. The predicted octanol–water partition coefficient (Wildman–Crippen LogP) is 0.312. The van der Waals surface area contributed by atoms with Crippen LogP contribution in [0.15, 0.2) is 6.20 Å². The molecule has 15 heavy (non-hydrogen) atoms. The van der Waals surface area contributed by atoms with E-state index in [1.54, 1.807) is 4.68 Å². The van der Waals surface area contributed by atoms with E-state index in [4.69, 9.17) is 0 Å². The monoisotopic (exact) mass is 212 g/mol. The number of aryl methyl sites for hydroxylation is 1. The van der Waals surface area contributed by atoms with Crippen molar-refractivity contribution in [2.24, 2.45) is 13.0 Å². The van der Waals surface area contributed by atoms with E-state index in [-0.39, 0.29) is 6.10 Å². The van der Waals surface area contributed by atoms with Gasteiger partial charge in [0.1, 0.15) is 0 Å². The van der Waals surface area contributed by atoms with Crippen molar-refractivity contribution in [3.63, 3.8) is 0 Å². The molecule has 2 N–H and O–H groups in total. The van der Waals surface area contributed by atoms with Crippen LogP contribution in [0.5, 0.6) is 0 Å². The standard InChI is InChI=1S/C10H20N4O/c1-8(2)4-10(15)6-11-5-9-7-14(3)13-12-9/h7-8,10-11,15H,4-6H2,1-3H3. The Balaban J connectivity index is 2.16. The van der Waals surface area contributed by atoms with E-state index in [1.807, 2.05) is 13.2 Å². The Kier molecular flexibility index (Phi) is 4.71. The third kappa shape index (κ3) is 4.90. The third-order valence-electron chi connectivity index (χ3n) is 2.08. The van der Waals surface area contributed by atoms with Crippen molar-refractivity contribution < 1.29 is 5.11 Å². The molecule has 0 aliphatic heterocycles. The molecule has 0 fully saturated rings. The molecule has 0 spiro atoms. The Bertz CT molecular complexity index is 285. The van der Waals surface area contributed by atoms with Gasteiger partial charge in [-0.05, 0) is 12.3 Å². The second-order valence-electron chi connectivity index (χ2n) is 4.30. The number of rotatable bonds is 6. The summed E-state index contributed by atoms with van der Waals surface area (Å²) in [4.78, 5) is 0. The lowest BCUT2D eigenvalue weighted by Gasteiger charge is -2.12. The van der Waals surface area contributed by atoms with Crippen LogP contribution in [0.3, 0.4) is 0 Å². The first-order valence-corrected chi connectivity index (χ1v) is 5.32. The number of nitrogens with one attached hydrogen (secondary N) is 1. The molecule has 1 aromatic heterocycles. The van der Waals surface area contributed by atoms with Crippen LogP contribution < -0.4 is 5.32 Å². The van der Waals surface area contributed by atoms with Gasteiger partial charge in [-0.2, -0.15) is 0 Å². The Hall–Kier alpha value is -0.940. The van der Waals surface area contributed by atoms with Gasteiger partial charge in [0.05, 0.1) is 11.8 Å². The maximum absolute atomic E-state index is 9.60. The molecule has 0 saturated heterocycles. The third-order valence-corrected chi connectivity index (χ3v) is 2.08. The van der Waals surface area contributed by atoms with Gasteiger partial charge in [0, 0.05) is 26.3 Å². The maximum atomic E-state index is 9.60. The first kappa shape index (κ1) is 12.1. The number of aliphatic hydroxyl groups is 1. The molecule has 0 aliphatic carbocycles. The largest absolute Gasteiger partial charge is 0.392 e. The molecule has 1 unspecified atom stereocenters. The lowest BCUT2D eigenvalue weighted by atomic mass is 10.1. The van der Waals surface area contributed by atoms with Gasteiger partial charge < -0.3 is 10.4 Å². The zero-order valence-electron chi connectivity index (χ0n) is 9.64. The van der Waals surface area contributed by atoms with Crippen LogP contribution >= 0.6 is 0 Å². The Morgan fingerprint density at radius 3 is 2.80 bits per heavy atom. The maximum Gasteiger partial charge on any atom is 0.0964 e. The topological polar surface area (TPSA) is 63.0 Å². The molecular weight excluding hydrogens is 192 g/mol. The number of aromatic nitrogens is 3. The lowest BCUT2D eigenvalue weighted by Crippen LogP contribution is -2.27. The molecule has 5 nitrogen and oxygen atoms in total. The highest BCUT2D eigenvalue weighted by molar-refractivity contribution is 4.90. The van der Waals surface area contributed by atoms with E-state index in [1.165, 1.54) is 0 Å². The Morgan fingerprint density at radius 1 is 1.53 bits per heavy atom. The van der Waals surface area contributed by atoms with E-state index in [0.717, 1.165) is 12.1 Å². The smallest absolute Gasteiger partial charge is 0.0964 e. The summed E-state index contributed by atoms with van der Waals surface area (Å²) in [5, 5.41) is 20.5. The summed E-state index contributed by atoms with van der Waals surface area (Å²) in [6.45, 7) is 5.47. The number of nitrogens with zero attached hydrogens (tertiary/aromatic N) is 3. The zero-order valence-corrected chi connectivity index (χ0v) is 9.64. The summed E-state index contributed by atoms with van der Waals surface area (Å²) in [5.41, 5.74) is 0.897. The van der Waals surface area contributed by atoms with Crippen LogP contribution in [-0.2, 0) is 13.6 Å². The van der Waals surface area contributed by atoms with Crippen LogP contribution in [-0.4, -0.2) is 32.7 Å². The van der Waals surface area contributed by atoms with Gasteiger partial charge >= 0.3 is 0 Å². The molecule has 0 bridgehead atoms. The summed E-state index contributed by atoms with van der Waals surface area (Å²) in [7, 11) is 1.84. The van der Waals surface area contributed by atoms with Gasteiger partial charge in [-0.3, -0.25) is 4.68 Å². The van der Waals surface area contributed by atoms with E-state index >= 15 is 0 Å². The van der Waals surface area contributed by atoms with Crippen LogP contribution in [0, 0.1) is 5.92 Å². The van der Waals surface area contributed by atoms with Crippen molar-refractivity contribution in [2.75, 3.05) is 6.54 Å². The normalized spacial score (nSPS) is 13.4. The second kappa shape index (κ2) is 5.82.